The smallest absolute Gasteiger partial charge is 0.0886 e. The molecule has 1 saturated carbocycles. The minimum Gasteiger partial charge on any atom is -0.279 e. The maximum Gasteiger partial charge on any atom is 0.0886 e. The summed E-state index contributed by atoms with van der Waals surface area (Å²) in [7, 11) is 0. The average Bonchev–Trinajstić information content (AvgIpc) is 2.17. The minimum absolute atomic E-state index is 0.0972. The fourth-order valence-electron chi connectivity index (χ4n) is 1.22. The fraction of sp³-hybridized carbons (Fsp3) is 1.00. The molecule has 0 aromatic rings. The van der Waals surface area contributed by atoms with Crippen molar-refractivity contribution >= 4 is 0 Å². The number of hydrogen-bond acceptors (Lipinski definition) is 1. The quantitative estimate of drug-likeness (QED) is 0.476. The summed E-state index contributed by atoms with van der Waals surface area (Å²) in [6.07, 6.45) is 4.60. The molecule has 2 nitrogen and oxygen atoms in total. The molecule has 0 amide bonds. The second kappa shape index (κ2) is 2.03. The van der Waals surface area contributed by atoms with Gasteiger partial charge in [0.15, 0.2) is 0 Å². The van der Waals surface area contributed by atoms with Gasteiger partial charge in [0.25, 0.3) is 0 Å². The molecule has 1 rings (SSSR count). The van der Waals surface area contributed by atoms with E-state index in [2.05, 4.69) is 4.84 Å². The van der Waals surface area contributed by atoms with Crippen LogP contribution in [0.3, 0.4) is 0 Å². The molecule has 0 saturated heterocycles. The van der Waals surface area contributed by atoms with Crippen LogP contribution in [-0.2, 0) is 4.84 Å². The average molecular weight is 114 g/mol. The molecule has 1 N–H and O–H groups in total. The van der Waals surface area contributed by atoms with Crippen LogP contribution >= 0.6 is 0 Å². The van der Waals surface area contributed by atoms with Crippen molar-refractivity contribution in [2.24, 2.45) is 0 Å². The highest BCUT2D eigenvalue weighted by atomic mass is 16.6. The van der Waals surface area contributed by atoms with Crippen LogP contribution in [0.5, 0.6) is 0 Å². The van der Waals surface area contributed by atoms with Crippen LogP contribution in [0.1, 0.15) is 32.6 Å². The summed E-state index contributed by atoms with van der Waals surface area (Å²) >= 11 is 0. The Kier molecular flexibility index (Phi) is 1.54. The molecule has 47 valence electrons. The van der Waals surface area contributed by atoms with Crippen molar-refractivity contribution in [1.82, 2.24) is 5.90 Å². The van der Waals surface area contributed by atoms with Gasteiger partial charge in [-0.3, -0.25) is 4.84 Å². The van der Waals surface area contributed by atoms with E-state index in [0.29, 0.717) is 0 Å². The molecule has 1 radical (unpaired) electrons. The van der Waals surface area contributed by atoms with E-state index in [1.165, 1.54) is 12.8 Å². The van der Waals surface area contributed by atoms with Crippen molar-refractivity contribution < 1.29 is 4.84 Å². The van der Waals surface area contributed by atoms with E-state index >= 15 is 0 Å². The first-order chi connectivity index (χ1) is 3.77. The topological polar surface area (TPSA) is 33.0 Å². The Balaban J connectivity index is 2.40. The second-order valence-electron chi connectivity index (χ2n) is 2.76. The van der Waals surface area contributed by atoms with E-state index in [0.717, 1.165) is 12.8 Å². The van der Waals surface area contributed by atoms with Crippen LogP contribution in [0.2, 0.25) is 0 Å². The summed E-state index contributed by atoms with van der Waals surface area (Å²) in [5, 5.41) is 0. The van der Waals surface area contributed by atoms with Gasteiger partial charge in [-0.1, -0.05) is 12.8 Å². The molecular weight excluding hydrogens is 102 g/mol. The van der Waals surface area contributed by atoms with Crippen LogP contribution in [0.4, 0.5) is 0 Å². The van der Waals surface area contributed by atoms with E-state index in [9.17, 15) is 0 Å². The Bertz CT molecular complexity index is 76.6. The molecule has 0 spiro atoms. The highest BCUT2D eigenvalue weighted by Gasteiger charge is 2.28. The largest absolute Gasteiger partial charge is 0.279 e. The molecular formula is C6H12NO. The Labute approximate surface area is 50.0 Å². The molecule has 8 heavy (non-hydrogen) atoms. The second-order valence-corrected chi connectivity index (χ2v) is 2.76. The van der Waals surface area contributed by atoms with Gasteiger partial charge >= 0.3 is 0 Å². The number of hydrogen-bond donors (Lipinski definition) is 0. The zero-order valence-electron chi connectivity index (χ0n) is 5.24. The molecule has 0 bridgehead atoms. The first-order valence-corrected chi connectivity index (χ1v) is 3.12. The van der Waals surface area contributed by atoms with Crippen molar-refractivity contribution in [3.8, 4) is 0 Å². The molecule has 0 atom stereocenters. The van der Waals surface area contributed by atoms with Crippen molar-refractivity contribution in [3.05, 3.63) is 0 Å². The van der Waals surface area contributed by atoms with Crippen molar-refractivity contribution in [1.29, 1.82) is 0 Å². The molecule has 0 heterocycles. The van der Waals surface area contributed by atoms with Gasteiger partial charge < -0.3 is 0 Å². The highest BCUT2D eigenvalue weighted by Crippen LogP contribution is 2.31. The summed E-state index contributed by atoms with van der Waals surface area (Å²) in [6.45, 7) is 2.01. The predicted octanol–water partition coefficient (Wildman–Crippen LogP) is 1.53. The van der Waals surface area contributed by atoms with Gasteiger partial charge in [-0.25, -0.2) is 0 Å². The summed E-state index contributed by atoms with van der Waals surface area (Å²) in [6, 6.07) is 0. The lowest BCUT2D eigenvalue weighted by Crippen LogP contribution is -2.22. The first-order valence-electron chi connectivity index (χ1n) is 3.12. The third-order valence-corrected chi connectivity index (χ3v) is 1.91. The Morgan fingerprint density at radius 2 is 1.88 bits per heavy atom. The summed E-state index contributed by atoms with van der Waals surface area (Å²) in [5.41, 5.74) is -0.0972. The Hall–Kier alpha value is -0.0800. The van der Waals surface area contributed by atoms with Gasteiger partial charge in [-0.05, 0) is 19.8 Å². The first kappa shape index (κ1) is 6.05. The SMILES string of the molecule is CC1(O[NH])CCCC1. The van der Waals surface area contributed by atoms with Crippen LogP contribution in [0.15, 0.2) is 0 Å². The third kappa shape index (κ3) is 1.01. The summed E-state index contributed by atoms with van der Waals surface area (Å²) in [5.74, 6) is 6.70. The van der Waals surface area contributed by atoms with Crippen molar-refractivity contribution in [3.63, 3.8) is 0 Å². The van der Waals surface area contributed by atoms with Crippen molar-refractivity contribution in [2.45, 2.75) is 38.2 Å². The van der Waals surface area contributed by atoms with Gasteiger partial charge in [0.1, 0.15) is 0 Å². The zero-order chi connectivity index (χ0) is 6.04. The zero-order valence-corrected chi connectivity index (χ0v) is 5.24. The summed E-state index contributed by atoms with van der Waals surface area (Å²) < 4.78 is 0. The molecule has 1 aliphatic carbocycles. The normalized spacial score (nSPS) is 26.2. The molecule has 0 aromatic heterocycles. The van der Waals surface area contributed by atoms with Crippen LogP contribution in [0, 0.1) is 0 Å². The van der Waals surface area contributed by atoms with Crippen LogP contribution in [0.25, 0.3) is 0 Å². The van der Waals surface area contributed by atoms with Gasteiger partial charge in [0.05, 0.1) is 5.60 Å². The maximum absolute atomic E-state index is 6.70. The lowest BCUT2D eigenvalue weighted by molar-refractivity contribution is -0.0415. The maximum atomic E-state index is 6.70. The lowest BCUT2D eigenvalue weighted by atomic mass is 10.1. The van der Waals surface area contributed by atoms with Crippen molar-refractivity contribution in [2.75, 3.05) is 0 Å². The van der Waals surface area contributed by atoms with E-state index in [1.54, 1.807) is 0 Å². The third-order valence-electron chi connectivity index (χ3n) is 1.91. The monoisotopic (exact) mass is 114 g/mol. The molecule has 0 aromatic carbocycles. The van der Waals surface area contributed by atoms with Crippen LogP contribution in [-0.4, -0.2) is 5.60 Å². The predicted molar refractivity (Wildman–Crippen MR) is 31.1 cm³/mol. The Morgan fingerprint density at radius 1 is 1.38 bits per heavy atom. The number of nitrogens with one attached hydrogen (secondary N) is 1. The van der Waals surface area contributed by atoms with E-state index in [-0.39, 0.29) is 5.60 Å². The Morgan fingerprint density at radius 3 is 2.12 bits per heavy atom. The highest BCUT2D eigenvalue weighted by molar-refractivity contribution is 4.79. The molecule has 1 fully saturated rings. The fourth-order valence-corrected chi connectivity index (χ4v) is 1.22. The van der Waals surface area contributed by atoms with Gasteiger partial charge in [-0.2, -0.15) is 0 Å². The molecule has 1 aliphatic rings. The molecule has 0 aliphatic heterocycles. The summed E-state index contributed by atoms with van der Waals surface area (Å²) in [4.78, 5) is 4.55. The number of rotatable bonds is 1. The minimum atomic E-state index is -0.0972. The van der Waals surface area contributed by atoms with Gasteiger partial charge in [0.2, 0.25) is 0 Å². The van der Waals surface area contributed by atoms with E-state index < -0.39 is 0 Å². The van der Waals surface area contributed by atoms with Crippen LogP contribution < -0.4 is 5.90 Å². The molecule has 2 heteroatoms. The van der Waals surface area contributed by atoms with Gasteiger partial charge in [-0.15, -0.1) is 5.90 Å². The van der Waals surface area contributed by atoms with E-state index in [4.69, 9.17) is 5.90 Å². The van der Waals surface area contributed by atoms with Gasteiger partial charge in [0, 0.05) is 0 Å². The van der Waals surface area contributed by atoms with E-state index in [1.807, 2.05) is 6.92 Å². The molecule has 0 unspecified atom stereocenters. The standard InChI is InChI=1S/C6H12NO/c1-6(8-7)4-2-3-5-6/h7H,2-5H2,1H3. The lowest BCUT2D eigenvalue weighted by Gasteiger charge is -2.17.